The number of hydrogen-bond acceptors (Lipinski definition) is 4. The lowest BCUT2D eigenvalue weighted by Gasteiger charge is -2.13. The van der Waals surface area contributed by atoms with Crippen molar-refractivity contribution >= 4 is 29.9 Å². The van der Waals surface area contributed by atoms with Gasteiger partial charge in [-0.05, 0) is 30.5 Å². The van der Waals surface area contributed by atoms with Crippen molar-refractivity contribution in [3.63, 3.8) is 0 Å². The summed E-state index contributed by atoms with van der Waals surface area (Å²) in [5.74, 6) is 0.998. The second-order valence-corrected chi connectivity index (χ2v) is 4.89. The van der Waals surface area contributed by atoms with E-state index in [2.05, 4.69) is 20.4 Å². The normalized spacial score (nSPS) is 11.0. The summed E-state index contributed by atoms with van der Waals surface area (Å²) in [6.45, 7) is -0.849. The summed E-state index contributed by atoms with van der Waals surface area (Å²) in [5.41, 5.74) is 0.855. The predicted octanol–water partition coefficient (Wildman–Crippen LogP) is 2.66. The van der Waals surface area contributed by atoms with Gasteiger partial charge in [-0.15, -0.1) is 24.0 Å². The summed E-state index contributed by atoms with van der Waals surface area (Å²) in [4.78, 5) is 4.11. The van der Waals surface area contributed by atoms with Crippen LogP contribution >= 0.6 is 24.0 Å². The first kappa shape index (κ1) is 23.6. The Bertz CT molecular complexity index is 519. The molecule has 0 aliphatic heterocycles. The molecule has 0 heterocycles. The highest BCUT2D eigenvalue weighted by molar-refractivity contribution is 14.0. The van der Waals surface area contributed by atoms with Crippen molar-refractivity contribution in [1.29, 1.82) is 0 Å². The molecule has 0 radical (unpaired) electrons. The third kappa shape index (κ3) is 9.63. The molecule has 0 atom stereocenters. The van der Waals surface area contributed by atoms with Crippen LogP contribution in [0.15, 0.2) is 23.2 Å². The molecule has 0 unspecified atom stereocenters. The van der Waals surface area contributed by atoms with Crippen LogP contribution in [0.25, 0.3) is 0 Å². The zero-order valence-electron chi connectivity index (χ0n) is 14.7. The molecule has 1 rings (SSSR count). The molecule has 9 heteroatoms. The van der Waals surface area contributed by atoms with Gasteiger partial charge in [-0.2, -0.15) is 8.78 Å². The summed E-state index contributed by atoms with van der Waals surface area (Å²) >= 11 is 0. The van der Waals surface area contributed by atoms with Crippen molar-refractivity contribution in [2.45, 2.75) is 19.5 Å². The van der Waals surface area contributed by atoms with E-state index in [1.165, 1.54) is 7.11 Å². The second-order valence-electron chi connectivity index (χ2n) is 4.89. The molecule has 1 aromatic carbocycles. The highest BCUT2D eigenvalue weighted by Gasteiger charge is 2.11. The van der Waals surface area contributed by atoms with Crippen LogP contribution in [-0.2, 0) is 11.2 Å². The zero-order valence-corrected chi connectivity index (χ0v) is 17.0. The monoisotopic (exact) mass is 473 g/mol. The van der Waals surface area contributed by atoms with Gasteiger partial charge in [-0.1, -0.05) is 6.07 Å². The maximum Gasteiger partial charge on any atom is 0.387 e. The SMILES string of the molecule is CN=C(NCCCOC)NCCc1ccc(OC)c(OC(F)F)c1.I. The van der Waals surface area contributed by atoms with E-state index in [1.54, 1.807) is 26.3 Å². The highest BCUT2D eigenvalue weighted by atomic mass is 127. The third-order valence-electron chi connectivity index (χ3n) is 3.19. The molecule has 1 aromatic rings. The first-order valence-electron chi connectivity index (χ1n) is 7.66. The van der Waals surface area contributed by atoms with Crippen LogP contribution in [0.3, 0.4) is 0 Å². The number of aliphatic imine (C=N–C) groups is 1. The molecule has 0 saturated carbocycles. The summed E-state index contributed by atoms with van der Waals surface area (Å²) in [5, 5.41) is 6.32. The fraction of sp³-hybridized carbons (Fsp3) is 0.562. The van der Waals surface area contributed by atoms with Crippen LogP contribution in [0, 0.1) is 0 Å². The highest BCUT2D eigenvalue weighted by Crippen LogP contribution is 2.29. The number of nitrogens with one attached hydrogen (secondary N) is 2. The molecule has 2 N–H and O–H groups in total. The number of guanidine groups is 1. The van der Waals surface area contributed by atoms with Crippen LogP contribution in [-0.4, -0.2) is 53.5 Å². The van der Waals surface area contributed by atoms with Gasteiger partial charge in [-0.3, -0.25) is 4.99 Å². The molecule has 0 aliphatic carbocycles. The fourth-order valence-corrected chi connectivity index (χ4v) is 2.03. The quantitative estimate of drug-likeness (QED) is 0.237. The molecule has 0 bridgehead atoms. The number of hydrogen-bond donors (Lipinski definition) is 2. The molecule has 0 spiro atoms. The molecule has 0 aliphatic rings. The molecule has 0 fully saturated rings. The fourth-order valence-electron chi connectivity index (χ4n) is 2.03. The van der Waals surface area contributed by atoms with Gasteiger partial charge in [0.2, 0.25) is 0 Å². The van der Waals surface area contributed by atoms with Crippen LogP contribution in [0.1, 0.15) is 12.0 Å². The van der Waals surface area contributed by atoms with E-state index in [9.17, 15) is 8.78 Å². The summed E-state index contributed by atoms with van der Waals surface area (Å²) in [7, 11) is 4.76. The molecular weight excluding hydrogens is 447 g/mol. The molecule has 0 saturated heterocycles. The Hall–Kier alpha value is -1.36. The topological polar surface area (TPSA) is 64.1 Å². The third-order valence-corrected chi connectivity index (χ3v) is 3.19. The lowest BCUT2D eigenvalue weighted by molar-refractivity contribution is -0.0512. The molecule has 0 aromatic heterocycles. The molecular formula is C16H26F2IN3O3. The minimum Gasteiger partial charge on any atom is -0.493 e. The van der Waals surface area contributed by atoms with E-state index in [0.717, 1.165) is 18.5 Å². The van der Waals surface area contributed by atoms with Crippen molar-refractivity contribution in [2.75, 3.05) is 41.0 Å². The van der Waals surface area contributed by atoms with E-state index in [0.29, 0.717) is 25.5 Å². The minimum atomic E-state index is -2.89. The number of halogens is 3. The van der Waals surface area contributed by atoms with Gasteiger partial charge in [-0.25, -0.2) is 0 Å². The van der Waals surface area contributed by atoms with Crippen molar-refractivity contribution in [3.8, 4) is 11.5 Å². The number of rotatable bonds is 10. The van der Waals surface area contributed by atoms with Gasteiger partial charge >= 0.3 is 6.61 Å². The van der Waals surface area contributed by atoms with Crippen molar-refractivity contribution in [1.82, 2.24) is 10.6 Å². The summed E-state index contributed by atoms with van der Waals surface area (Å²) in [6.07, 6.45) is 1.51. The largest absolute Gasteiger partial charge is 0.493 e. The maximum absolute atomic E-state index is 12.4. The lowest BCUT2D eigenvalue weighted by Crippen LogP contribution is -2.39. The van der Waals surface area contributed by atoms with E-state index in [-0.39, 0.29) is 35.5 Å². The van der Waals surface area contributed by atoms with Crippen molar-refractivity contribution < 1.29 is 23.0 Å². The first-order valence-corrected chi connectivity index (χ1v) is 7.66. The van der Waals surface area contributed by atoms with Crippen molar-refractivity contribution in [3.05, 3.63) is 23.8 Å². The van der Waals surface area contributed by atoms with Crippen molar-refractivity contribution in [2.24, 2.45) is 4.99 Å². The Morgan fingerprint density at radius 3 is 2.48 bits per heavy atom. The summed E-state index contributed by atoms with van der Waals surface area (Å²) in [6, 6.07) is 4.99. The number of ether oxygens (including phenoxy) is 3. The molecule has 25 heavy (non-hydrogen) atoms. The molecule has 144 valence electrons. The Kier molecular flexibility index (Phi) is 13.1. The average Bonchev–Trinajstić information content (AvgIpc) is 2.56. The second kappa shape index (κ2) is 13.9. The van der Waals surface area contributed by atoms with Gasteiger partial charge < -0.3 is 24.8 Å². The Morgan fingerprint density at radius 1 is 1.16 bits per heavy atom. The minimum absolute atomic E-state index is 0. The standard InChI is InChI=1S/C16H25F2N3O3.HI/c1-19-16(20-8-4-10-22-2)21-9-7-12-5-6-13(23-3)14(11-12)24-15(17)18;/h5-6,11,15H,4,7-10H2,1-3H3,(H2,19,20,21);1H. The van der Waals surface area contributed by atoms with Gasteiger partial charge in [0.1, 0.15) is 0 Å². The van der Waals surface area contributed by atoms with E-state index < -0.39 is 6.61 Å². The smallest absolute Gasteiger partial charge is 0.387 e. The van der Waals surface area contributed by atoms with E-state index in [4.69, 9.17) is 9.47 Å². The predicted molar refractivity (Wildman–Crippen MR) is 105 cm³/mol. The number of methoxy groups -OCH3 is 2. The Morgan fingerprint density at radius 2 is 1.88 bits per heavy atom. The van der Waals surface area contributed by atoms with Gasteiger partial charge in [0.05, 0.1) is 7.11 Å². The number of benzene rings is 1. The number of nitrogens with zero attached hydrogens (tertiary/aromatic N) is 1. The van der Waals surface area contributed by atoms with Gasteiger partial charge in [0.25, 0.3) is 0 Å². The molecule has 6 nitrogen and oxygen atoms in total. The van der Waals surface area contributed by atoms with E-state index in [1.807, 2.05) is 6.07 Å². The number of alkyl halides is 2. The zero-order chi connectivity index (χ0) is 17.8. The maximum atomic E-state index is 12.4. The summed E-state index contributed by atoms with van der Waals surface area (Å²) < 4.78 is 39.3. The van der Waals surface area contributed by atoms with Crippen LogP contribution < -0.4 is 20.1 Å². The van der Waals surface area contributed by atoms with Crippen LogP contribution in [0.4, 0.5) is 8.78 Å². The van der Waals surface area contributed by atoms with E-state index >= 15 is 0 Å². The van der Waals surface area contributed by atoms with Crippen LogP contribution in [0.2, 0.25) is 0 Å². The van der Waals surface area contributed by atoms with Gasteiger partial charge in [0.15, 0.2) is 17.5 Å². The Labute approximate surface area is 164 Å². The Balaban J connectivity index is 0.00000576. The molecule has 0 amide bonds. The first-order chi connectivity index (χ1) is 11.6. The van der Waals surface area contributed by atoms with Gasteiger partial charge in [0, 0.05) is 33.9 Å². The average molecular weight is 473 g/mol. The lowest BCUT2D eigenvalue weighted by atomic mass is 10.1. The van der Waals surface area contributed by atoms with Crippen LogP contribution in [0.5, 0.6) is 11.5 Å².